The third-order valence-corrected chi connectivity index (χ3v) is 8.02. The van der Waals surface area contributed by atoms with E-state index < -0.39 is 41.6 Å². The molecule has 0 saturated carbocycles. The van der Waals surface area contributed by atoms with Crippen LogP contribution in [0, 0.1) is 0 Å². The van der Waals surface area contributed by atoms with Crippen molar-refractivity contribution in [3.8, 4) is 17.0 Å². The van der Waals surface area contributed by atoms with Crippen molar-refractivity contribution in [3.05, 3.63) is 88.6 Å². The summed E-state index contributed by atoms with van der Waals surface area (Å²) in [7, 11) is 0. The minimum Gasteiger partial charge on any atom is -0.488 e. The molecule has 3 aromatic rings. The summed E-state index contributed by atoms with van der Waals surface area (Å²) in [6, 6.07) is 15.2. The van der Waals surface area contributed by atoms with Crippen LogP contribution in [0.5, 0.6) is 5.75 Å². The van der Waals surface area contributed by atoms with Crippen LogP contribution in [0.25, 0.3) is 11.3 Å². The molecule has 2 heterocycles. The van der Waals surface area contributed by atoms with Crippen molar-refractivity contribution in [2.75, 3.05) is 24.7 Å². The maximum atomic E-state index is 14.4. The van der Waals surface area contributed by atoms with Crippen LogP contribution in [0.1, 0.15) is 62.6 Å². The van der Waals surface area contributed by atoms with Crippen LogP contribution < -0.4 is 15.6 Å². The number of nitrogens with two attached hydrogens (primary N) is 1. The van der Waals surface area contributed by atoms with Crippen molar-refractivity contribution >= 4 is 17.9 Å². The van der Waals surface area contributed by atoms with Gasteiger partial charge in [-0.1, -0.05) is 37.3 Å². The summed E-state index contributed by atoms with van der Waals surface area (Å²) >= 11 is 0. The highest BCUT2D eigenvalue weighted by molar-refractivity contribution is 5.88. The zero-order valence-electron chi connectivity index (χ0n) is 26.7. The molecule has 0 bridgehead atoms. The lowest BCUT2D eigenvalue weighted by atomic mass is 9.89. The molecule has 1 saturated heterocycles. The van der Waals surface area contributed by atoms with Crippen LogP contribution in [0.4, 0.5) is 32.6 Å². The highest BCUT2D eigenvalue weighted by atomic mass is 19.4. The number of anilines is 1. The SMILES string of the molecule is CCOC(=O)N1CCC(c2ccc(COc3ccc(C(C)(F)F)cc3-c3cccc(N(N)/C(=C(\CC)C(=O)O)C(F)(F)F)n3)cc2)CC1. The molecule has 0 radical (unpaired) electrons. The number of hydrogen-bond donors (Lipinski definition) is 2. The molecule has 1 aromatic heterocycles. The first kappa shape index (κ1) is 36.1. The lowest BCUT2D eigenvalue weighted by molar-refractivity contribution is -0.134. The Morgan fingerprint density at radius 3 is 2.25 bits per heavy atom. The highest BCUT2D eigenvalue weighted by Crippen LogP contribution is 2.38. The predicted molar refractivity (Wildman–Crippen MR) is 168 cm³/mol. The van der Waals surface area contributed by atoms with Gasteiger partial charge in [0.1, 0.15) is 18.2 Å². The Kier molecular flexibility index (Phi) is 11.3. The molecule has 0 aliphatic carbocycles. The van der Waals surface area contributed by atoms with Crippen LogP contribution >= 0.6 is 0 Å². The predicted octanol–water partition coefficient (Wildman–Crippen LogP) is 7.77. The first-order chi connectivity index (χ1) is 22.6. The molecule has 3 N–H and O–H groups in total. The number of alkyl halides is 5. The van der Waals surface area contributed by atoms with Crippen molar-refractivity contribution in [1.29, 1.82) is 0 Å². The van der Waals surface area contributed by atoms with Crippen LogP contribution in [-0.2, 0) is 22.1 Å². The number of carbonyl (C=O) groups is 2. The molecule has 4 rings (SSSR count). The Labute approximate surface area is 274 Å². The summed E-state index contributed by atoms with van der Waals surface area (Å²) in [4.78, 5) is 29.5. The molecule has 1 aliphatic rings. The molecule has 258 valence electrons. The summed E-state index contributed by atoms with van der Waals surface area (Å²) in [5.74, 6) is 0.701. The van der Waals surface area contributed by atoms with Gasteiger partial charge in [0.05, 0.1) is 17.9 Å². The number of aliphatic carboxylic acids is 1. The Morgan fingerprint density at radius 1 is 1.02 bits per heavy atom. The number of rotatable bonds is 11. The zero-order chi connectivity index (χ0) is 35.2. The fourth-order valence-corrected chi connectivity index (χ4v) is 5.48. The molecule has 0 atom stereocenters. The fourth-order valence-electron chi connectivity index (χ4n) is 5.48. The van der Waals surface area contributed by atoms with E-state index in [9.17, 15) is 36.6 Å². The summed E-state index contributed by atoms with van der Waals surface area (Å²) in [5.41, 5.74) is -1.04. The second-order valence-electron chi connectivity index (χ2n) is 11.3. The van der Waals surface area contributed by atoms with Gasteiger partial charge in [-0.2, -0.15) is 13.2 Å². The first-order valence-electron chi connectivity index (χ1n) is 15.4. The number of aromatic nitrogens is 1. The van der Waals surface area contributed by atoms with Gasteiger partial charge >= 0.3 is 18.2 Å². The van der Waals surface area contributed by atoms with E-state index in [4.69, 9.17) is 15.3 Å². The molecular weight excluding hydrogens is 639 g/mol. The Hall–Kier alpha value is -4.72. The van der Waals surface area contributed by atoms with Gasteiger partial charge in [-0.25, -0.2) is 29.2 Å². The third-order valence-electron chi connectivity index (χ3n) is 8.02. The summed E-state index contributed by atoms with van der Waals surface area (Å²) in [6.07, 6.45) is -4.35. The van der Waals surface area contributed by atoms with Crippen molar-refractivity contribution in [2.45, 2.75) is 64.7 Å². The Bertz CT molecular complexity index is 1630. The number of hydrogen-bond acceptors (Lipinski definition) is 7. The van der Waals surface area contributed by atoms with E-state index in [-0.39, 0.29) is 46.2 Å². The monoisotopic (exact) mass is 676 g/mol. The number of amides is 1. The fraction of sp³-hybridized carbons (Fsp3) is 0.382. The maximum Gasteiger partial charge on any atom is 0.433 e. The van der Waals surface area contributed by atoms with Gasteiger partial charge in [0, 0.05) is 31.1 Å². The quantitative estimate of drug-likeness (QED) is 0.0916. The normalized spacial score (nSPS) is 14.7. The number of ether oxygens (including phenoxy) is 2. The van der Waals surface area contributed by atoms with Gasteiger partial charge in [0.15, 0.2) is 5.70 Å². The molecule has 2 aromatic carbocycles. The number of carboxylic acids is 1. The lowest BCUT2D eigenvalue weighted by Crippen LogP contribution is -2.40. The molecular formula is C34H37F5N4O5. The van der Waals surface area contributed by atoms with Crippen LogP contribution in [0.2, 0.25) is 0 Å². The second-order valence-corrected chi connectivity index (χ2v) is 11.3. The van der Waals surface area contributed by atoms with Crippen LogP contribution in [0.15, 0.2) is 71.9 Å². The number of piperidine rings is 1. The number of halogens is 5. The number of allylic oxidation sites excluding steroid dienone is 1. The number of hydrazine groups is 1. The molecule has 1 fully saturated rings. The Morgan fingerprint density at radius 2 is 1.69 bits per heavy atom. The Balaban J connectivity index is 1.58. The van der Waals surface area contributed by atoms with E-state index in [1.165, 1.54) is 31.2 Å². The van der Waals surface area contributed by atoms with E-state index in [1.807, 2.05) is 24.3 Å². The molecule has 14 heteroatoms. The van der Waals surface area contributed by atoms with Crippen molar-refractivity contribution < 1.29 is 46.1 Å². The van der Waals surface area contributed by atoms with Gasteiger partial charge in [0.2, 0.25) is 0 Å². The number of carboxylic acid groups (broad SMARTS) is 1. The molecule has 0 unspecified atom stereocenters. The maximum absolute atomic E-state index is 14.4. The van der Waals surface area contributed by atoms with E-state index in [0.717, 1.165) is 36.1 Å². The van der Waals surface area contributed by atoms with Gasteiger partial charge in [0.25, 0.3) is 5.92 Å². The number of pyridine rings is 1. The molecule has 1 amide bonds. The van der Waals surface area contributed by atoms with Gasteiger partial charge in [-0.3, -0.25) is 5.01 Å². The topological polar surface area (TPSA) is 118 Å². The molecule has 48 heavy (non-hydrogen) atoms. The molecule has 1 aliphatic heterocycles. The van der Waals surface area contributed by atoms with Crippen molar-refractivity contribution in [2.24, 2.45) is 5.84 Å². The molecule has 9 nitrogen and oxygen atoms in total. The largest absolute Gasteiger partial charge is 0.488 e. The van der Waals surface area contributed by atoms with E-state index in [2.05, 4.69) is 4.98 Å². The minimum atomic E-state index is -5.13. The lowest BCUT2D eigenvalue weighted by Gasteiger charge is -2.31. The standard InChI is InChI=1S/C34H37F5N4O5/c1-4-25(31(44)45)30(34(37,38)39)43(40)29-8-6-7-27(41-29)26-19-24(33(3,35)36)13-14-28(26)48-20-21-9-11-22(12-10-21)23-15-17-42(18-16-23)32(46)47-5-2/h6-14,19,23H,4-5,15-18,20,40H2,1-3H3,(H,44,45)/b30-25+. The average Bonchev–Trinajstić information content (AvgIpc) is 3.05. The van der Waals surface area contributed by atoms with Crippen LogP contribution in [-0.4, -0.2) is 52.9 Å². The van der Waals surface area contributed by atoms with E-state index in [1.54, 1.807) is 11.8 Å². The number of nitrogens with zero attached hydrogens (tertiary/aromatic N) is 3. The number of likely N-dealkylation sites (tertiary alicyclic amines) is 1. The minimum absolute atomic E-state index is 0.0246. The number of benzene rings is 2. The summed E-state index contributed by atoms with van der Waals surface area (Å²) in [5, 5.41) is 9.53. The van der Waals surface area contributed by atoms with E-state index in [0.29, 0.717) is 26.6 Å². The van der Waals surface area contributed by atoms with E-state index >= 15 is 0 Å². The van der Waals surface area contributed by atoms with Crippen molar-refractivity contribution in [1.82, 2.24) is 9.88 Å². The summed E-state index contributed by atoms with van der Waals surface area (Å²) in [6.45, 7) is 5.27. The van der Waals surface area contributed by atoms with Gasteiger partial charge < -0.3 is 19.5 Å². The van der Waals surface area contributed by atoms with Gasteiger partial charge in [-0.05, 0) is 73.6 Å². The second kappa shape index (κ2) is 15.0. The highest BCUT2D eigenvalue weighted by Gasteiger charge is 2.42. The number of carbonyl (C=O) groups excluding carboxylic acids is 1. The average molecular weight is 677 g/mol. The zero-order valence-corrected chi connectivity index (χ0v) is 26.7. The smallest absolute Gasteiger partial charge is 0.433 e. The van der Waals surface area contributed by atoms with Gasteiger partial charge in [-0.15, -0.1) is 0 Å². The molecule has 0 spiro atoms. The van der Waals surface area contributed by atoms with Crippen molar-refractivity contribution in [3.63, 3.8) is 0 Å². The summed E-state index contributed by atoms with van der Waals surface area (Å²) < 4.78 is 81.8. The third kappa shape index (κ3) is 8.59. The first-order valence-corrected chi connectivity index (χ1v) is 15.4. The van der Waals surface area contributed by atoms with Crippen LogP contribution in [0.3, 0.4) is 0 Å².